The largest absolute Gasteiger partial charge is 0.496 e. The molecule has 9 heteroatoms. The van der Waals surface area contributed by atoms with E-state index in [-0.39, 0.29) is 10.8 Å². The second kappa shape index (κ2) is 11.0. The van der Waals surface area contributed by atoms with E-state index in [0.717, 1.165) is 18.7 Å². The zero-order valence-corrected chi connectivity index (χ0v) is 21.6. The number of hydrogen-bond donors (Lipinski definition) is 0. The first-order valence-corrected chi connectivity index (χ1v) is 13.6. The Balaban J connectivity index is 1.39. The van der Waals surface area contributed by atoms with Crippen molar-refractivity contribution in [1.82, 2.24) is 9.21 Å². The van der Waals surface area contributed by atoms with E-state index in [1.807, 2.05) is 4.90 Å². The highest BCUT2D eigenvalue weighted by atomic mass is 32.2. The SMILES string of the molecule is COc1ccc(S(=O)(=O)N2CCOCC2)cc1CCC(=O)N1CCN(c2cccc(C)c2C)CC1. The highest BCUT2D eigenvalue weighted by Gasteiger charge is 2.27. The van der Waals surface area contributed by atoms with Crippen LogP contribution in [-0.4, -0.2) is 83.1 Å². The quantitative estimate of drug-likeness (QED) is 0.580. The molecule has 0 aromatic heterocycles. The number of carbonyl (C=O) groups excluding carboxylic acids is 1. The Morgan fingerprint density at radius 3 is 2.40 bits per heavy atom. The van der Waals surface area contributed by atoms with E-state index in [9.17, 15) is 13.2 Å². The number of aryl methyl sites for hydroxylation is 2. The number of nitrogens with zero attached hydrogens (tertiary/aromatic N) is 3. The number of carbonyl (C=O) groups is 1. The van der Waals surface area contributed by atoms with Crippen LogP contribution in [0.5, 0.6) is 5.75 Å². The third-order valence-electron chi connectivity index (χ3n) is 7.02. The Labute approximate surface area is 208 Å². The van der Waals surface area contributed by atoms with Crippen LogP contribution in [0.15, 0.2) is 41.3 Å². The van der Waals surface area contributed by atoms with Crippen molar-refractivity contribution in [3.63, 3.8) is 0 Å². The molecule has 0 bridgehead atoms. The lowest BCUT2D eigenvalue weighted by Gasteiger charge is -2.37. The van der Waals surface area contributed by atoms with Gasteiger partial charge in [-0.3, -0.25) is 4.79 Å². The third-order valence-corrected chi connectivity index (χ3v) is 8.91. The molecule has 1 amide bonds. The third kappa shape index (κ3) is 5.63. The molecule has 0 atom stereocenters. The van der Waals surface area contributed by atoms with Crippen LogP contribution in [-0.2, 0) is 26.0 Å². The maximum absolute atomic E-state index is 13.1. The van der Waals surface area contributed by atoms with Crippen LogP contribution in [0.1, 0.15) is 23.1 Å². The average molecular weight is 502 g/mol. The van der Waals surface area contributed by atoms with Crippen LogP contribution in [0.2, 0.25) is 0 Å². The van der Waals surface area contributed by atoms with E-state index in [0.29, 0.717) is 58.0 Å². The van der Waals surface area contributed by atoms with Crippen molar-refractivity contribution in [1.29, 1.82) is 0 Å². The van der Waals surface area contributed by atoms with Gasteiger partial charge in [-0.2, -0.15) is 4.31 Å². The van der Waals surface area contributed by atoms with Crippen molar-refractivity contribution >= 4 is 21.6 Å². The summed E-state index contributed by atoms with van der Waals surface area (Å²) < 4.78 is 38.3. The second-order valence-electron chi connectivity index (χ2n) is 9.08. The highest BCUT2D eigenvalue weighted by molar-refractivity contribution is 7.89. The van der Waals surface area contributed by atoms with Crippen LogP contribution in [0.4, 0.5) is 5.69 Å². The van der Waals surface area contributed by atoms with Crippen molar-refractivity contribution in [2.24, 2.45) is 0 Å². The predicted octanol–water partition coefficient (Wildman–Crippen LogP) is 2.61. The van der Waals surface area contributed by atoms with Gasteiger partial charge in [0, 0.05) is 51.4 Å². The molecule has 190 valence electrons. The number of hydrogen-bond acceptors (Lipinski definition) is 6. The zero-order valence-electron chi connectivity index (χ0n) is 20.8. The number of rotatable bonds is 7. The summed E-state index contributed by atoms with van der Waals surface area (Å²) in [4.78, 5) is 17.5. The van der Waals surface area contributed by atoms with E-state index < -0.39 is 10.0 Å². The fraction of sp³-hybridized carbons (Fsp3) is 0.500. The summed E-state index contributed by atoms with van der Waals surface area (Å²) in [5.41, 5.74) is 4.52. The van der Waals surface area contributed by atoms with E-state index in [2.05, 4.69) is 36.9 Å². The summed E-state index contributed by atoms with van der Waals surface area (Å²) in [7, 11) is -2.05. The predicted molar refractivity (Wildman–Crippen MR) is 136 cm³/mol. The van der Waals surface area contributed by atoms with Gasteiger partial charge in [0.05, 0.1) is 25.2 Å². The van der Waals surface area contributed by atoms with E-state index in [1.54, 1.807) is 25.3 Å². The molecule has 2 aromatic rings. The lowest BCUT2D eigenvalue weighted by atomic mass is 10.1. The number of amides is 1. The summed E-state index contributed by atoms with van der Waals surface area (Å²) in [6.45, 7) is 8.69. The highest BCUT2D eigenvalue weighted by Crippen LogP contribution is 2.27. The molecule has 0 N–H and O–H groups in total. The number of piperazine rings is 1. The van der Waals surface area contributed by atoms with Gasteiger partial charge in [-0.15, -0.1) is 0 Å². The zero-order chi connectivity index (χ0) is 25.0. The average Bonchev–Trinajstić information content (AvgIpc) is 2.89. The maximum atomic E-state index is 13.1. The number of sulfonamides is 1. The van der Waals surface area contributed by atoms with Gasteiger partial charge >= 0.3 is 0 Å². The number of ether oxygens (including phenoxy) is 2. The lowest BCUT2D eigenvalue weighted by molar-refractivity contribution is -0.131. The number of morpholine rings is 1. The van der Waals surface area contributed by atoms with Crippen molar-refractivity contribution in [3.8, 4) is 5.75 Å². The van der Waals surface area contributed by atoms with Gasteiger partial charge in [0.15, 0.2) is 0 Å². The van der Waals surface area contributed by atoms with E-state index in [4.69, 9.17) is 9.47 Å². The van der Waals surface area contributed by atoms with Crippen LogP contribution in [0.3, 0.4) is 0 Å². The molecule has 8 nitrogen and oxygen atoms in total. The molecular formula is C26H35N3O5S. The molecule has 35 heavy (non-hydrogen) atoms. The molecule has 2 saturated heterocycles. The normalized spacial score (nSPS) is 17.5. The molecule has 2 aliphatic rings. The molecule has 2 aromatic carbocycles. The first-order chi connectivity index (χ1) is 16.8. The number of benzene rings is 2. The van der Waals surface area contributed by atoms with E-state index in [1.165, 1.54) is 21.1 Å². The molecule has 0 spiro atoms. The van der Waals surface area contributed by atoms with Crippen molar-refractivity contribution < 1.29 is 22.7 Å². The van der Waals surface area contributed by atoms with Crippen molar-refractivity contribution in [3.05, 3.63) is 53.1 Å². The Hall–Kier alpha value is -2.62. The summed E-state index contributed by atoms with van der Waals surface area (Å²) in [6.07, 6.45) is 0.729. The number of methoxy groups -OCH3 is 1. The molecule has 2 fully saturated rings. The van der Waals surface area contributed by atoms with Gasteiger partial charge in [-0.05, 0) is 61.2 Å². The Morgan fingerprint density at radius 1 is 1.00 bits per heavy atom. The minimum absolute atomic E-state index is 0.0779. The minimum Gasteiger partial charge on any atom is -0.496 e. The van der Waals surface area contributed by atoms with Gasteiger partial charge < -0.3 is 19.3 Å². The van der Waals surface area contributed by atoms with Crippen LogP contribution in [0.25, 0.3) is 0 Å². The molecule has 0 saturated carbocycles. The first-order valence-electron chi connectivity index (χ1n) is 12.1. The summed E-state index contributed by atoms with van der Waals surface area (Å²) in [5, 5.41) is 0. The summed E-state index contributed by atoms with van der Waals surface area (Å²) in [5.74, 6) is 0.674. The van der Waals surface area contributed by atoms with Gasteiger partial charge in [0.25, 0.3) is 0 Å². The van der Waals surface area contributed by atoms with E-state index >= 15 is 0 Å². The Morgan fingerprint density at radius 2 is 1.71 bits per heavy atom. The van der Waals surface area contributed by atoms with Crippen molar-refractivity contribution in [2.75, 3.05) is 64.5 Å². The fourth-order valence-corrected chi connectivity index (χ4v) is 6.18. The summed E-state index contributed by atoms with van der Waals surface area (Å²) >= 11 is 0. The first kappa shape index (κ1) is 25.5. The van der Waals surface area contributed by atoms with Crippen molar-refractivity contribution in [2.45, 2.75) is 31.6 Å². The Bertz CT molecular complexity index is 1150. The Kier molecular flexibility index (Phi) is 7.98. The van der Waals surface area contributed by atoms with Gasteiger partial charge in [-0.25, -0.2) is 8.42 Å². The second-order valence-corrected chi connectivity index (χ2v) is 11.0. The smallest absolute Gasteiger partial charge is 0.243 e. The standard InChI is InChI=1S/C26H35N3O5S/c1-20-5-4-6-24(21(20)2)27-11-13-28(14-12-27)26(30)10-7-22-19-23(8-9-25(22)33-3)35(31,32)29-15-17-34-18-16-29/h4-6,8-9,19H,7,10-18H2,1-3H3. The van der Waals surface area contributed by atoms with Gasteiger partial charge in [-0.1, -0.05) is 12.1 Å². The molecule has 0 unspecified atom stereocenters. The molecule has 4 rings (SSSR count). The fourth-order valence-electron chi connectivity index (χ4n) is 4.72. The number of anilines is 1. The lowest BCUT2D eigenvalue weighted by Crippen LogP contribution is -2.49. The molecule has 0 aliphatic carbocycles. The molecule has 2 heterocycles. The molecule has 0 radical (unpaired) electrons. The van der Waals surface area contributed by atoms with Crippen LogP contribution in [0, 0.1) is 13.8 Å². The van der Waals surface area contributed by atoms with Crippen LogP contribution >= 0.6 is 0 Å². The molecule has 2 aliphatic heterocycles. The topological polar surface area (TPSA) is 79.4 Å². The molecular weight excluding hydrogens is 466 g/mol. The van der Waals surface area contributed by atoms with Crippen LogP contribution < -0.4 is 9.64 Å². The monoisotopic (exact) mass is 501 g/mol. The maximum Gasteiger partial charge on any atom is 0.243 e. The van der Waals surface area contributed by atoms with Gasteiger partial charge in [0.1, 0.15) is 5.75 Å². The van der Waals surface area contributed by atoms with Gasteiger partial charge in [0.2, 0.25) is 15.9 Å². The minimum atomic E-state index is -3.61. The summed E-state index contributed by atoms with van der Waals surface area (Å²) in [6, 6.07) is 11.2.